The molecule has 5 atom stereocenters. The lowest BCUT2D eigenvalue weighted by atomic mass is 9.88. The zero-order valence-electron chi connectivity index (χ0n) is 25.4. The van der Waals surface area contributed by atoms with Gasteiger partial charge in [-0.1, -0.05) is 48.5 Å². The molecule has 232 valence electrons. The number of nitrogens with two attached hydrogens (primary N) is 1. The third kappa shape index (κ3) is 7.07. The van der Waals surface area contributed by atoms with Crippen LogP contribution >= 0.6 is 7.60 Å². The number of ether oxygens (including phenoxy) is 1. The number of nitrogen functional groups attached to an aromatic ring is 1. The van der Waals surface area contributed by atoms with E-state index in [0.717, 1.165) is 4.57 Å². The summed E-state index contributed by atoms with van der Waals surface area (Å²) in [6.07, 6.45) is -3.36. The highest BCUT2D eigenvalue weighted by molar-refractivity contribution is 7.54. The second-order valence-corrected chi connectivity index (χ2v) is 19.2. The normalized spacial score (nSPS) is 24.3. The van der Waals surface area contributed by atoms with E-state index >= 15 is 0 Å². The Morgan fingerprint density at radius 2 is 1.65 bits per heavy atom. The third-order valence-electron chi connectivity index (χ3n) is 8.90. The van der Waals surface area contributed by atoms with E-state index in [0.29, 0.717) is 5.56 Å². The molecule has 1 saturated heterocycles. The Balaban J connectivity index is 2.36. The van der Waals surface area contributed by atoms with Crippen molar-refractivity contribution >= 4 is 21.7 Å². The lowest BCUT2D eigenvalue weighted by molar-refractivity contribution is -0.0782. The SMILES string of the molecule is CCC(CC)(C[C@H]1O[C@@H](n2cc(CO[Si](C)(C)C(C)(C)C)c(N)nc2=O)[C@H](O)[C@@H]1O)OP(=O)(O)C(O)(CC)CC. The Morgan fingerprint density at radius 3 is 2.12 bits per heavy atom. The van der Waals surface area contributed by atoms with Crippen LogP contribution in [-0.4, -0.2) is 67.3 Å². The Bertz CT molecular complexity index is 1120. The monoisotopic (exact) mass is 607 g/mol. The van der Waals surface area contributed by atoms with E-state index in [4.69, 9.17) is 19.4 Å². The van der Waals surface area contributed by atoms with Crippen molar-refractivity contribution in [1.82, 2.24) is 9.55 Å². The van der Waals surface area contributed by atoms with Crippen molar-refractivity contribution in [2.45, 2.75) is 141 Å². The quantitative estimate of drug-likeness (QED) is 0.163. The number of nitrogens with zero attached hydrogens (tertiary/aromatic N) is 2. The van der Waals surface area contributed by atoms with Crippen LogP contribution < -0.4 is 11.4 Å². The van der Waals surface area contributed by atoms with Crippen LogP contribution in [0.4, 0.5) is 5.82 Å². The van der Waals surface area contributed by atoms with Gasteiger partial charge in [0, 0.05) is 18.2 Å². The fraction of sp³-hybridized carbons (Fsp3) is 0.846. The fourth-order valence-corrected chi connectivity index (χ4v) is 7.26. The highest BCUT2D eigenvalue weighted by Gasteiger charge is 2.52. The van der Waals surface area contributed by atoms with Gasteiger partial charge >= 0.3 is 13.3 Å². The first-order chi connectivity index (χ1) is 18.2. The van der Waals surface area contributed by atoms with Gasteiger partial charge in [0.2, 0.25) is 0 Å². The van der Waals surface area contributed by atoms with E-state index in [9.17, 15) is 29.6 Å². The van der Waals surface area contributed by atoms with Crippen molar-refractivity contribution in [1.29, 1.82) is 0 Å². The third-order valence-corrected chi connectivity index (χ3v) is 15.7. The first-order valence-corrected chi connectivity index (χ1v) is 18.5. The summed E-state index contributed by atoms with van der Waals surface area (Å²) in [4.78, 5) is 27.5. The van der Waals surface area contributed by atoms with Crippen LogP contribution in [0.5, 0.6) is 0 Å². The van der Waals surface area contributed by atoms with E-state index in [2.05, 4.69) is 38.8 Å². The number of aliphatic hydroxyl groups is 3. The van der Waals surface area contributed by atoms with Gasteiger partial charge in [-0.2, -0.15) is 4.98 Å². The van der Waals surface area contributed by atoms with Crippen LogP contribution in [-0.2, 0) is 24.9 Å². The zero-order chi connectivity index (χ0) is 30.9. The molecule has 0 aromatic carbocycles. The van der Waals surface area contributed by atoms with Crippen LogP contribution in [0.1, 0.15) is 92.4 Å². The average molecular weight is 608 g/mol. The first kappa shape index (κ1) is 35.0. The maximum Gasteiger partial charge on any atom is 0.359 e. The van der Waals surface area contributed by atoms with Crippen LogP contribution in [0.15, 0.2) is 11.0 Å². The summed E-state index contributed by atoms with van der Waals surface area (Å²) in [5.41, 5.74) is 4.44. The topological polar surface area (TPSA) is 187 Å². The van der Waals surface area contributed by atoms with Gasteiger partial charge in [0.1, 0.15) is 18.0 Å². The predicted molar refractivity (Wildman–Crippen MR) is 155 cm³/mol. The van der Waals surface area contributed by atoms with E-state index in [1.807, 2.05) is 0 Å². The molecule has 0 bridgehead atoms. The Hall–Kier alpha value is -1.15. The summed E-state index contributed by atoms with van der Waals surface area (Å²) in [5.74, 6) is 0.00645. The fourth-order valence-electron chi connectivity index (χ4n) is 4.49. The Morgan fingerprint density at radius 1 is 1.10 bits per heavy atom. The molecule has 1 aromatic heterocycles. The summed E-state index contributed by atoms with van der Waals surface area (Å²) in [7, 11) is -6.67. The standard InChI is InChI=1S/C26H50N3O9PSi/c1-10-25(11-2,38-39(34,35)26(33,12-3)13-4)14-18-19(30)20(31)22(37-18)29-15-17(21(27)28-23(29)32)16-36-40(8,9)24(5,6)7/h15,18-20,22,30-31,33H,10-14,16H2,1-9H3,(H,34,35)(H2,27,28,32)/t18-,19-,20-,22-/m1/s1. The van der Waals surface area contributed by atoms with E-state index in [1.165, 1.54) is 6.20 Å². The van der Waals surface area contributed by atoms with Gasteiger partial charge in [0.05, 0.1) is 18.3 Å². The van der Waals surface area contributed by atoms with E-state index in [-0.39, 0.29) is 49.6 Å². The number of hydrogen-bond donors (Lipinski definition) is 5. The summed E-state index contributed by atoms with van der Waals surface area (Å²) in [6.45, 7) is 17.3. The molecule has 1 fully saturated rings. The van der Waals surface area contributed by atoms with E-state index < -0.39 is 57.1 Å². The zero-order valence-corrected chi connectivity index (χ0v) is 27.3. The molecule has 1 unspecified atom stereocenters. The molecule has 2 rings (SSSR count). The molecule has 12 nitrogen and oxygen atoms in total. The summed E-state index contributed by atoms with van der Waals surface area (Å²) < 4.78 is 32.3. The number of rotatable bonds is 13. The number of anilines is 1. The van der Waals surface area contributed by atoms with Crippen molar-refractivity contribution in [2.24, 2.45) is 0 Å². The largest absolute Gasteiger partial charge is 0.412 e. The molecule has 0 aliphatic carbocycles. The maximum atomic E-state index is 13.2. The van der Waals surface area contributed by atoms with Crippen molar-refractivity contribution in [2.75, 3.05) is 5.73 Å². The van der Waals surface area contributed by atoms with Gasteiger partial charge in [-0.3, -0.25) is 13.7 Å². The smallest absolute Gasteiger partial charge is 0.359 e. The first-order valence-electron chi connectivity index (χ1n) is 14.0. The molecular weight excluding hydrogens is 557 g/mol. The van der Waals surface area contributed by atoms with Gasteiger partial charge in [-0.05, 0) is 43.8 Å². The second kappa shape index (κ2) is 12.6. The summed E-state index contributed by atoms with van der Waals surface area (Å²) >= 11 is 0. The molecular formula is C26H50N3O9PSi. The Kier molecular flexibility index (Phi) is 11.0. The van der Waals surface area contributed by atoms with Crippen LogP contribution in [0.2, 0.25) is 18.1 Å². The van der Waals surface area contributed by atoms with Gasteiger partial charge < -0.3 is 35.1 Å². The number of aliphatic hydroxyl groups excluding tert-OH is 2. The van der Waals surface area contributed by atoms with Gasteiger partial charge in [-0.25, -0.2) is 4.79 Å². The maximum absolute atomic E-state index is 13.2. The lowest BCUT2D eigenvalue weighted by Gasteiger charge is -2.40. The number of hydrogen-bond acceptors (Lipinski definition) is 10. The number of aromatic nitrogens is 2. The van der Waals surface area contributed by atoms with E-state index in [1.54, 1.807) is 27.7 Å². The molecule has 1 aromatic rings. The van der Waals surface area contributed by atoms with Gasteiger partial charge in [0.15, 0.2) is 19.9 Å². The average Bonchev–Trinajstić information content (AvgIpc) is 3.14. The highest BCUT2D eigenvalue weighted by Crippen LogP contribution is 2.61. The molecule has 0 spiro atoms. The Labute approximate surface area is 238 Å². The molecule has 2 heterocycles. The van der Waals surface area contributed by atoms with Crippen molar-refractivity contribution in [3.63, 3.8) is 0 Å². The van der Waals surface area contributed by atoms with Gasteiger partial charge in [0.25, 0.3) is 0 Å². The molecule has 14 heteroatoms. The molecule has 0 radical (unpaired) electrons. The minimum Gasteiger partial charge on any atom is -0.412 e. The van der Waals surface area contributed by atoms with Crippen LogP contribution in [0, 0.1) is 0 Å². The molecule has 0 amide bonds. The van der Waals surface area contributed by atoms with Gasteiger partial charge in [-0.15, -0.1) is 0 Å². The van der Waals surface area contributed by atoms with Crippen molar-refractivity contribution in [3.8, 4) is 0 Å². The van der Waals surface area contributed by atoms with Crippen LogP contribution in [0.3, 0.4) is 0 Å². The molecule has 0 saturated carbocycles. The highest BCUT2D eigenvalue weighted by atomic mass is 31.2. The molecule has 40 heavy (non-hydrogen) atoms. The van der Waals surface area contributed by atoms with Crippen LogP contribution in [0.25, 0.3) is 0 Å². The molecule has 1 aliphatic heterocycles. The minimum absolute atomic E-state index is 0.00645. The lowest BCUT2D eigenvalue weighted by Crippen LogP contribution is -2.42. The van der Waals surface area contributed by atoms with Crippen molar-refractivity contribution in [3.05, 3.63) is 22.2 Å². The predicted octanol–water partition coefficient (Wildman–Crippen LogP) is 3.63. The summed E-state index contributed by atoms with van der Waals surface area (Å²) in [6, 6.07) is 0. The second-order valence-electron chi connectivity index (χ2n) is 12.3. The summed E-state index contributed by atoms with van der Waals surface area (Å²) in [5, 5.41) is 30.6. The van der Waals surface area contributed by atoms with Crippen molar-refractivity contribution < 1.29 is 38.5 Å². The molecule has 1 aliphatic rings. The molecule has 6 N–H and O–H groups in total. The minimum atomic E-state index is -4.52.